The molecule has 6 unspecified atom stereocenters. The second-order valence-corrected chi connectivity index (χ2v) is 12.9. The average molecular weight is 557 g/mol. The number of phosphoric acid groups is 1. The van der Waals surface area contributed by atoms with E-state index in [4.69, 9.17) is 39.7 Å². The molecule has 36 heavy (non-hydrogen) atoms. The minimum absolute atomic E-state index is 0.104. The lowest BCUT2D eigenvalue weighted by molar-refractivity contribution is -0.646. The third kappa shape index (κ3) is 4.72. The van der Waals surface area contributed by atoms with Gasteiger partial charge in [0.1, 0.15) is 12.4 Å². The predicted molar refractivity (Wildman–Crippen MR) is 126 cm³/mol. The molecule has 2 saturated carbocycles. The summed E-state index contributed by atoms with van der Waals surface area (Å²) < 4.78 is 74.1. The molecule has 2 bridgehead atoms. The summed E-state index contributed by atoms with van der Waals surface area (Å²) >= 11 is 7.03. The van der Waals surface area contributed by atoms with Crippen molar-refractivity contribution in [3.05, 3.63) is 29.3 Å². The highest BCUT2D eigenvalue weighted by Crippen LogP contribution is 2.67. The molecule has 0 N–H and O–H groups in total. The molecule has 1 aromatic rings. The fourth-order valence-corrected chi connectivity index (χ4v) is 7.78. The maximum atomic E-state index is 13.5. The van der Waals surface area contributed by atoms with Gasteiger partial charge >= 0.3 is 14.0 Å². The summed E-state index contributed by atoms with van der Waals surface area (Å²) in [6.07, 6.45) is -1.31. The molecule has 1 aromatic carbocycles. The highest BCUT2D eigenvalue weighted by Gasteiger charge is 2.76. The molecule has 0 aromatic heterocycles. The van der Waals surface area contributed by atoms with Crippen molar-refractivity contribution in [2.75, 3.05) is 20.8 Å². The van der Waals surface area contributed by atoms with Crippen LogP contribution in [0.1, 0.15) is 57.1 Å². The van der Waals surface area contributed by atoms with Crippen molar-refractivity contribution in [1.29, 1.82) is 0 Å². The molecule has 1 saturated heterocycles. The first kappa shape index (κ1) is 28.1. The second kappa shape index (κ2) is 9.70. The van der Waals surface area contributed by atoms with E-state index in [-0.39, 0.29) is 29.1 Å². The van der Waals surface area contributed by atoms with Gasteiger partial charge in [-0.3, -0.25) is 9.05 Å². The molecule has 1 aliphatic heterocycles. The van der Waals surface area contributed by atoms with Crippen molar-refractivity contribution < 1.29 is 45.8 Å². The van der Waals surface area contributed by atoms with Crippen molar-refractivity contribution in [2.24, 2.45) is 17.8 Å². The smallest absolute Gasteiger partial charge is 0.404 e. The zero-order valence-corrected chi connectivity index (χ0v) is 22.7. The van der Waals surface area contributed by atoms with Gasteiger partial charge < -0.3 is 9.26 Å². The van der Waals surface area contributed by atoms with Crippen LogP contribution in [0.3, 0.4) is 0 Å². The van der Waals surface area contributed by atoms with Crippen LogP contribution in [-0.4, -0.2) is 37.5 Å². The molecule has 7 nitrogen and oxygen atoms in total. The summed E-state index contributed by atoms with van der Waals surface area (Å²) in [6.45, 7) is 4.21. The number of phosphoric ester groups is 1. The van der Waals surface area contributed by atoms with Gasteiger partial charge in [-0.25, -0.2) is 9.45 Å². The average Bonchev–Trinajstić information content (AvgIpc) is 2.78. The van der Waals surface area contributed by atoms with Crippen LogP contribution in [0.25, 0.3) is 0 Å². The number of alkyl halides is 4. The van der Waals surface area contributed by atoms with Crippen LogP contribution in [0, 0.1) is 24.7 Å². The molecule has 2 aliphatic carbocycles. The summed E-state index contributed by atoms with van der Waals surface area (Å²) in [7, 11) is -1.59. The lowest BCUT2D eigenvalue weighted by atomic mass is 9.53. The zero-order valence-electron chi connectivity index (χ0n) is 21.0. The lowest BCUT2D eigenvalue weighted by Crippen LogP contribution is -2.76. The third-order valence-corrected chi connectivity index (χ3v) is 9.59. The zero-order chi connectivity index (χ0) is 26.6. The third-order valence-electron chi connectivity index (χ3n) is 7.81. The van der Waals surface area contributed by atoms with E-state index in [0.717, 1.165) is 6.42 Å². The molecular formula is C24H33ClF3O7P. The van der Waals surface area contributed by atoms with Gasteiger partial charge in [-0.2, -0.15) is 18.1 Å². The van der Waals surface area contributed by atoms with Gasteiger partial charge in [0.2, 0.25) is 0 Å². The van der Waals surface area contributed by atoms with Crippen molar-refractivity contribution in [1.82, 2.24) is 0 Å². The lowest BCUT2D eigenvalue weighted by Gasteiger charge is -2.66. The maximum Gasteiger partial charge on any atom is 0.529 e. The van der Waals surface area contributed by atoms with Crippen molar-refractivity contribution in [2.45, 2.75) is 75.3 Å². The molecule has 204 valence electrons. The number of fused-ring (bicyclic) bond motifs is 3. The van der Waals surface area contributed by atoms with Crippen LogP contribution >= 0.6 is 19.4 Å². The quantitative estimate of drug-likeness (QED) is 0.193. The van der Waals surface area contributed by atoms with Gasteiger partial charge in [0, 0.05) is 24.7 Å². The first-order chi connectivity index (χ1) is 16.8. The highest BCUT2D eigenvalue weighted by molar-refractivity contribution is 7.48. The van der Waals surface area contributed by atoms with Gasteiger partial charge in [-0.15, -0.1) is 11.6 Å². The molecule has 0 radical (unpaired) electrons. The summed E-state index contributed by atoms with van der Waals surface area (Å²) in [5.41, 5.74) is -0.370. The standard InChI is InChI=1S/C24H33ClF3O7P/c1-6-17-12-21(25)11-15(2)9-19(13-21)23(17)24(35-34-23,32-14-22(26,27)28)18-8-7-16(3)20(10-18)33-36(29,30-4)31-5/h7-8,10,15,17,19H,6,9,11-14H2,1-5H3. The number of ether oxygens (including phenoxy) is 1. The number of rotatable bonds is 8. The van der Waals surface area contributed by atoms with Gasteiger partial charge in [0.25, 0.3) is 5.79 Å². The Labute approximate surface area is 214 Å². The van der Waals surface area contributed by atoms with Gasteiger partial charge in [-0.05, 0) is 62.0 Å². The molecule has 1 spiro atoms. The number of benzene rings is 1. The molecule has 4 rings (SSSR count). The topological polar surface area (TPSA) is 72.5 Å². The summed E-state index contributed by atoms with van der Waals surface area (Å²) in [4.78, 5) is 11.1. The Morgan fingerprint density at radius 2 is 1.86 bits per heavy atom. The molecule has 3 fully saturated rings. The van der Waals surface area contributed by atoms with E-state index in [9.17, 15) is 17.7 Å². The fourth-order valence-electron chi connectivity index (χ4n) is 6.41. The van der Waals surface area contributed by atoms with Crippen LogP contribution in [0.15, 0.2) is 18.2 Å². The normalized spacial score (nSPS) is 36.5. The molecule has 0 amide bonds. The number of halogens is 4. The molecule has 12 heteroatoms. The number of hydrogen-bond donors (Lipinski definition) is 0. The van der Waals surface area contributed by atoms with E-state index in [1.165, 1.54) is 20.3 Å². The Hall–Kier alpha value is -0.870. The SMILES string of the molecule is CCC1CC2(Cl)CC(C)CC(C2)C12OOC2(OCC(F)(F)F)c1ccc(C)c(OP(=O)(OC)OC)c1. The van der Waals surface area contributed by atoms with Crippen molar-refractivity contribution in [3.63, 3.8) is 0 Å². The van der Waals surface area contributed by atoms with Crippen molar-refractivity contribution >= 4 is 19.4 Å². The van der Waals surface area contributed by atoms with Crippen LogP contribution in [0.5, 0.6) is 5.75 Å². The number of hydrogen-bond acceptors (Lipinski definition) is 7. The highest BCUT2D eigenvalue weighted by atomic mass is 35.5. The van der Waals surface area contributed by atoms with E-state index in [2.05, 4.69) is 6.92 Å². The largest absolute Gasteiger partial charge is 0.529 e. The first-order valence-electron chi connectivity index (χ1n) is 12.0. The Balaban J connectivity index is 1.84. The summed E-state index contributed by atoms with van der Waals surface area (Å²) in [5.74, 6) is -1.94. The Morgan fingerprint density at radius 1 is 1.17 bits per heavy atom. The van der Waals surface area contributed by atoms with E-state index in [1.807, 2.05) is 6.92 Å². The Kier molecular flexibility index (Phi) is 7.59. The monoisotopic (exact) mass is 556 g/mol. The van der Waals surface area contributed by atoms with Crippen LogP contribution in [-0.2, 0) is 33.9 Å². The van der Waals surface area contributed by atoms with E-state index < -0.39 is 36.9 Å². The van der Waals surface area contributed by atoms with Crippen LogP contribution in [0.2, 0.25) is 0 Å². The minimum atomic E-state index is -4.61. The Bertz CT molecular complexity index is 1020. The van der Waals surface area contributed by atoms with Gasteiger partial charge in [-0.1, -0.05) is 32.4 Å². The predicted octanol–water partition coefficient (Wildman–Crippen LogP) is 7.05. The van der Waals surface area contributed by atoms with Gasteiger partial charge in [0.15, 0.2) is 5.60 Å². The first-order valence-corrected chi connectivity index (χ1v) is 13.9. The maximum absolute atomic E-state index is 13.5. The van der Waals surface area contributed by atoms with Gasteiger partial charge in [0.05, 0.1) is 0 Å². The van der Waals surface area contributed by atoms with E-state index >= 15 is 0 Å². The minimum Gasteiger partial charge on any atom is -0.404 e. The van der Waals surface area contributed by atoms with Crippen molar-refractivity contribution in [3.8, 4) is 5.75 Å². The molecule has 1 heterocycles. The summed E-state index contributed by atoms with van der Waals surface area (Å²) in [5, 5.41) is 0. The molecular weight excluding hydrogens is 524 g/mol. The molecule has 3 aliphatic rings. The number of aryl methyl sites for hydroxylation is 1. The van der Waals surface area contributed by atoms with E-state index in [0.29, 0.717) is 31.2 Å². The van der Waals surface area contributed by atoms with Crippen LogP contribution < -0.4 is 4.52 Å². The fraction of sp³-hybridized carbons (Fsp3) is 0.750. The molecule has 6 atom stereocenters. The summed E-state index contributed by atoms with van der Waals surface area (Å²) in [6, 6.07) is 4.71. The van der Waals surface area contributed by atoms with Crippen LogP contribution in [0.4, 0.5) is 13.2 Å². The second-order valence-electron chi connectivity index (χ2n) is 10.3. The Morgan fingerprint density at radius 3 is 2.42 bits per heavy atom. The van der Waals surface area contributed by atoms with E-state index in [1.54, 1.807) is 19.1 Å².